The van der Waals surface area contributed by atoms with Gasteiger partial charge in [0.05, 0.1) is 24.4 Å². The fourth-order valence-corrected chi connectivity index (χ4v) is 2.77. The third-order valence-electron chi connectivity index (χ3n) is 3.94. The number of aromatic nitrogens is 4. The molecule has 2 heterocycles. The predicted molar refractivity (Wildman–Crippen MR) is 74.8 cm³/mol. The van der Waals surface area contributed by atoms with Gasteiger partial charge in [-0.1, -0.05) is 0 Å². The normalized spacial score (nSPS) is 25.3. The van der Waals surface area contributed by atoms with Gasteiger partial charge in [-0.3, -0.25) is 4.79 Å². The highest BCUT2D eigenvalue weighted by Gasteiger charge is 2.37. The highest BCUT2D eigenvalue weighted by atomic mass is 16.4. The van der Waals surface area contributed by atoms with Gasteiger partial charge in [-0.25, -0.2) is 15.0 Å². The Morgan fingerprint density at radius 1 is 1.43 bits per heavy atom. The first-order chi connectivity index (χ1) is 10.1. The van der Waals surface area contributed by atoms with E-state index in [0.717, 1.165) is 12.2 Å². The molecule has 0 spiro atoms. The number of aliphatic hydroxyl groups is 1. The number of carboxylic acid groups (broad SMARTS) is 1. The van der Waals surface area contributed by atoms with Crippen LogP contribution in [0.1, 0.15) is 19.8 Å². The Kier molecular flexibility index (Phi) is 3.46. The number of aryl methyl sites for hydroxylation is 1. The molecule has 1 aliphatic rings. The van der Waals surface area contributed by atoms with Crippen molar-refractivity contribution in [3.05, 3.63) is 12.7 Å². The molecule has 1 saturated carbocycles. The van der Waals surface area contributed by atoms with Crippen molar-refractivity contribution in [3.63, 3.8) is 0 Å². The van der Waals surface area contributed by atoms with Crippen molar-refractivity contribution in [3.8, 4) is 0 Å². The van der Waals surface area contributed by atoms with Gasteiger partial charge in [0.1, 0.15) is 11.8 Å². The fraction of sp³-hybridized carbons (Fsp3) is 0.538. The van der Waals surface area contributed by atoms with Crippen molar-refractivity contribution in [2.24, 2.45) is 5.92 Å². The molecule has 1 fully saturated rings. The summed E-state index contributed by atoms with van der Waals surface area (Å²) in [4.78, 5) is 23.7. The molecule has 3 N–H and O–H groups in total. The van der Waals surface area contributed by atoms with Crippen LogP contribution in [0.5, 0.6) is 0 Å². The number of rotatable bonds is 4. The van der Waals surface area contributed by atoms with Gasteiger partial charge in [0.25, 0.3) is 0 Å². The van der Waals surface area contributed by atoms with Crippen LogP contribution in [0.4, 0.5) is 5.82 Å². The van der Waals surface area contributed by atoms with Crippen LogP contribution >= 0.6 is 0 Å². The van der Waals surface area contributed by atoms with E-state index < -0.39 is 18.0 Å². The van der Waals surface area contributed by atoms with E-state index in [9.17, 15) is 9.90 Å². The zero-order chi connectivity index (χ0) is 15.0. The van der Waals surface area contributed by atoms with Crippen LogP contribution in [0, 0.1) is 5.92 Å². The Hall–Kier alpha value is -2.22. The van der Waals surface area contributed by atoms with Gasteiger partial charge in [0.15, 0.2) is 11.5 Å². The highest BCUT2D eigenvalue weighted by Crippen LogP contribution is 2.29. The summed E-state index contributed by atoms with van der Waals surface area (Å²) in [5.41, 5.74) is 1.35. The average molecular weight is 291 g/mol. The molecule has 8 nitrogen and oxygen atoms in total. The molecule has 0 aliphatic heterocycles. The number of anilines is 1. The molecule has 0 saturated heterocycles. The number of imidazole rings is 1. The van der Waals surface area contributed by atoms with Crippen molar-refractivity contribution >= 4 is 23.0 Å². The van der Waals surface area contributed by atoms with Gasteiger partial charge in [0, 0.05) is 6.54 Å². The summed E-state index contributed by atoms with van der Waals surface area (Å²) in [6.45, 7) is 2.74. The topological polar surface area (TPSA) is 113 Å². The molecule has 8 heteroatoms. The summed E-state index contributed by atoms with van der Waals surface area (Å²) >= 11 is 0. The number of carboxylic acids is 1. The van der Waals surface area contributed by atoms with E-state index in [1.165, 1.54) is 6.33 Å². The number of hydrogen-bond acceptors (Lipinski definition) is 6. The van der Waals surface area contributed by atoms with E-state index >= 15 is 0 Å². The number of carbonyl (C=O) groups is 1. The molecule has 3 atom stereocenters. The molecule has 1 aliphatic carbocycles. The van der Waals surface area contributed by atoms with Crippen LogP contribution in [0.25, 0.3) is 11.2 Å². The van der Waals surface area contributed by atoms with Crippen molar-refractivity contribution in [1.82, 2.24) is 19.5 Å². The van der Waals surface area contributed by atoms with Gasteiger partial charge in [-0.15, -0.1) is 0 Å². The molecule has 0 radical (unpaired) electrons. The number of aliphatic carboxylic acids is 1. The first-order valence-corrected chi connectivity index (χ1v) is 6.93. The number of aliphatic hydroxyl groups excluding tert-OH is 1. The minimum atomic E-state index is -0.874. The Balaban J connectivity index is 1.85. The summed E-state index contributed by atoms with van der Waals surface area (Å²) in [5.74, 6) is -0.869. The minimum absolute atomic E-state index is 0.255. The number of hydrogen-bond donors (Lipinski definition) is 3. The van der Waals surface area contributed by atoms with Crippen molar-refractivity contribution in [2.75, 3.05) is 5.32 Å². The smallest absolute Gasteiger partial charge is 0.306 e. The number of nitrogens with one attached hydrogen (secondary N) is 1. The maximum absolute atomic E-state index is 11.0. The number of nitrogens with zero attached hydrogens (tertiary/aromatic N) is 4. The molecule has 112 valence electrons. The third kappa shape index (κ3) is 2.42. The minimum Gasteiger partial charge on any atom is -0.481 e. The maximum Gasteiger partial charge on any atom is 0.306 e. The lowest BCUT2D eigenvalue weighted by Crippen LogP contribution is -2.28. The summed E-state index contributed by atoms with van der Waals surface area (Å²) < 4.78 is 1.90. The number of fused-ring (bicyclic) bond motifs is 1. The van der Waals surface area contributed by atoms with Gasteiger partial charge in [-0.2, -0.15) is 0 Å². The molecule has 21 heavy (non-hydrogen) atoms. The van der Waals surface area contributed by atoms with Crippen molar-refractivity contribution in [2.45, 2.75) is 38.5 Å². The van der Waals surface area contributed by atoms with Crippen molar-refractivity contribution in [1.29, 1.82) is 0 Å². The third-order valence-corrected chi connectivity index (χ3v) is 3.94. The Morgan fingerprint density at radius 3 is 2.90 bits per heavy atom. The van der Waals surface area contributed by atoms with Gasteiger partial charge >= 0.3 is 5.97 Å². The van der Waals surface area contributed by atoms with E-state index in [4.69, 9.17) is 5.11 Å². The molecular formula is C13H17N5O3. The SMILES string of the molecule is CCn1cnc2c(NC3CC(C(=O)O)CC3O)ncnc21. The van der Waals surface area contributed by atoms with Crippen LogP contribution in [-0.4, -0.2) is 47.8 Å². The van der Waals surface area contributed by atoms with Crippen LogP contribution in [0.15, 0.2) is 12.7 Å². The summed E-state index contributed by atoms with van der Waals surface area (Å²) in [7, 11) is 0. The second-order valence-electron chi connectivity index (χ2n) is 5.25. The lowest BCUT2D eigenvalue weighted by Gasteiger charge is -2.16. The Bertz CT molecular complexity index is 671. The highest BCUT2D eigenvalue weighted by molar-refractivity contribution is 5.82. The second-order valence-corrected chi connectivity index (χ2v) is 5.25. The van der Waals surface area contributed by atoms with E-state index in [1.807, 2.05) is 11.5 Å². The molecule has 0 aromatic carbocycles. The molecule has 3 rings (SSSR count). The quantitative estimate of drug-likeness (QED) is 0.751. The van der Waals surface area contributed by atoms with Crippen LogP contribution < -0.4 is 5.32 Å². The van der Waals surface area contributed by atoms with Gasteiger partial charge in [-0.05, 0) is 19.8 Å². The van der Waals surface area contributed by atoms with E-state index in [2.05, 4.69) is 20.3 Å². The zero-order valence-electron chi connectivity index (χ0n) is 11.6. The zero-order valence-corrected chi connectivity index (χ0v) is 11.6. The Morgan fingerprint density at radius 2 is 2.24 bits per heavy atom. The Labute approximate surface area is 120 Å². The average Bonchev–Trinajstić information content (AvgIpc) is 3.04. The van der Waals surface area contributed by atoms with E-state index in [1.54, 1.807) is 6.33 Å². The maximum atomic E-state index is 11.0. The van der Waals surface area contributed by atoms with E-state index in [0.29, 0.717) is 17.8 Å². The molecular weight excluding hydrogens is 274 g/mol. The molecule has 2 aromatic heterocycles. The van der Waals surface area contributed by atoms with Gasteiger partial charge < -0.3 is 20.1 Å². The molecule has 0 bridgehead atoms. The first kappa shape index (κ1) is 13.7. The fourth-order valence-electron chi connectivity index (χ4n) is 2.77. The van der Waals surface area contributed by atoms with Gasteiger partial charge in [0.2, 0.25) is 0 Å². The summed E-state index contributed by atoms with van der Waals surface area (Å²) in [6.07, 6.45) is 3.05. The lowest BCUT2D eigenvalue weighted by molar-refractivity contribution is -0.141. The van der Waals surface area contributed by atoms with Crippen LogP contribution in [0.2, 0.25) is 0 Å². The molecule has 3 unspecified atom stereocenters. The van der Waals surface area contributed by atoms with E-state index in [-0.39, 0.29) is 12.5 Å². The lowest BCUT2D eigenvalue weighted by atomic mass is 10.1. The second kappa shape index (κ2) is 5.28. The van der Waals surface area contributed by atoms with Crippen LogP contribution in [0.3, 0.4) is 0 Å². The monoisotopic (exact) mass is 291 g/mol. The largest absolute Gasteiger partial charge is 0.481 e. The standard InChI is InChI=1S/C13H17N5O3/c1-2-18-6-16-10-11(14-5-15-12(10)18)17-8-3-7(13(20)21)4-9(8)19/h5-9,19H,2-4H2,1H3,(H,20,21)(H,14,15,17). The van der Waals surface area contributed by atoms with Crippen molar-refractivity contribution < 1.29 is 15.0 Å². The molecule has 2 aromatic rings. The predicted octanol–water partition coefficient (Wildman–Crippen LogP) is 0.482. The first-order valence-electron chi connectivity index (χ1n) is 6.93. The van der Waals surface area contributed by atoms with Crippen LogP contribution in [-0.2, 0) is 11.3 Å². The molecule has 0 amide bonds. The summed E-state index contributed by atoms with van der Waals surface area (Å²) in [5, 5.41) is 22.2. The summed E-state index contributed by atoms with van der Waals surface area (Å²) in [6, 6.07) is -0.337.